The number of hydrogen-bond acceptors (Lipinski definition) is 4. The lowest BCUT2D eigenvalue weighted by molar-refractivity contribution is 0.136. The molecule has 21 heavy (non-hydrogen) atoms. The maximum Gasteiger partial charge on any atom is 0.0587 e. The van der Waals surface area contributed by atoms with E-state index in [2.05, 4.69) is 44.3 Å². The Kier molecular flexibility index (Phi) is 6.48. The van der Waals surface area contributed by atoms with E-state index in [4.69, 9.17) is 4.74 Å². The fourth-order valence-corrected chi connectivity index (χ4v) is 3.21. The number of methoxy groups -OCH3 is 1. The van der Waals surface area contributed by atoms with Crippen molar-refractivity contribution in [3.8, 4) is 0 Å². The second kappa shape index (κ2) is 8.13. The molecule has 0 spiro atoms. The van der Waals surface area contributed by atoms with E-state index >= 15 is 0 Å². The van der Waals surface area contributed by atoms with E-state index in [0.29, 0.717) is 5.92 Å². The van der Waals surface area contributed by atoms with Crippen LogP contribution in [0.3, 0.4) is 0 Å². The van der Waals surface area contributed by atoms with Gasteiger partial charge in [0.1, 0.15) is 0 Å². The highest BCUT2D eigenvalue weighted by atomic mass is 79.9. The van der Waals surface area contributed by atoms with Crippen molar-refractivity contribution in [3.05, 3.63) is 28.2 Å². The summed E-state index contributed by atoms with van der Waals surface area (Å²) in [6.07, 6.45) is 0.832. The second-order valence-corrected chi connectivity index (χ2v) is 6.59. The smallest absolute Gasteiger partial charge is 0.0587 e. The van der Waals surface area contributed by atoms with Crippen LogP contribution in [0.5, 0.6) is 0 Å². The Morgan fingerprint density at radius 3 is 3.00 bits per heavy atom. The van der Waals surface area contributed by atoms with Crippen LogP contribution in [0.1, 0.15) is 18.9 Å². The lowest BCUT2D eigenvalue weighted by Gasteiger charge is -2.23. The third kappa shape index (κ3) is 4.68. The second-order valence-electron chi connectivity index (χ2n) is 5.68. The Morgan fingerprint density at radius 1 is 1.52 bits per heavy atom. The molecule has 1 heterocycles. The van der Waals surface area contributed by atoms with Gasteiger partial charge in [0.15, 0.2) is 0 Å². The van der Waals surface area contributed by atoms with E-state index in [9.17, 15) is 5.11 Å². The maximum atomic E-state index is 9.77. The van der Waals surface area contributed by atoms with Gasteiger partial charge in [-0.3, -0.25) is 0 Å². The van der Waals surface area contributed by atoms with E-state index in [1.165, 1.54) is 11.3 Å². The molecule has 118 valence electrons. The summed E-state index contributed by atoms with van der Waals surface area (Å²) in [4.78, 5) is 2.39. The van der Waals surface area contributed by atoms with Crippen molar-refractivity contribution in [2.24, 2.45) is 5.92 Å². The van der Waals surface area contributed by atoms with Gasteiger partial charge in [0.2, 0.25) is 0 Å². The van der Waals surface area contributed by atoms with E-state index in [1.54, 1.807) is 7.11 Å². The number of halogens is 1. The van der Waals surface area contributed by atoms with Gasteiger partial charge in [-0.1, -0.05) is 15.9 Å². The molecule has 1 aliphatic rings. The topological polar surface area (TPSA) is 44.7 Å². The summed E-state index contributed by atoms with van der Waals surface area (Å²) in [5, 5.41) is 13.2. The van der Waals surface area contributed by atoms with Crippen LogP contribution in [0.2, 0.25) is 0 Å². The lowest BCUT2D eigenvalue weighted by atomic mass is 10.0. The number of hydrogen-bond donors (Lipinski definition) is 2. The summed E-state index contributed by atoms with van der Waals surface area (Å²) in [5.41, 5.74) is 2.55. The van der Waals surface area contributed by atoms with Gasteiger partial charge in [-0.2, -0.15) is 0 Å². The van der Waals surface area contributed by atoms with Crippen molar-refractivity contribution >= 4 is 21.6 Å². The first-order chi connectivity index (χ1) is 10.1. The number of aliphatic hydroxyl groups is 1. The van der Waals surface area contributed by atoms with Crippen molar-refractivity contribution in [1.29, 1.82) is 0 Å². The highest BCUT2D eigenvalue weighted by Crippen LogP contribution is 2.30. The van der Waals surface area contributed by atoms with Crippen molar-refractivity contribution in [3.63, 3.8) is 0 Å². The molecule has 2 N–H and O–H groups in total. The van der Waals surface area contributed by atoms with Crippen LogP contribution in [0.4, 0.5) is 5.69 Å². The van der Waals surface area contributed by atoms with Crippen molar-refractivity contribution in [2.45, 2.75) is 26.0 Å². The van der Waals surface area contributed by atoms with Crippen LogP contribution >= 0.6 is 15.9 Å². The molecule has 0 amide bonds. The Morgan fingerprint density at radius 2 is 2.33 bits per heavy atom. The molecule has 0 radical (unpaired) electrons. The molecule has 5 heteroatoms. The van der Waals surface area contributed by atoms with Crippen LogP contribution < -0.4 is 10.2 Å². The lowest BCUT2D eigenvalue weighted by Crippen LogP contribution is -2.26. The standard InChI is InChI=1S/C16H25BrN2O2/c1-12(20)13-5-7-19(11-13)16-4-3-15(17)9-14(16)10-18-6-8-21-2/h3-4,9,12-13,18,20H,5-8,10-11H2,1-2H3. The third-order valence-corrected chi connectivity index (χ3v) is 4.58. The molecule has 1 aromatic carbocycles. The van der Waals surface area contributed by atoms with Crippen LogP contribution in [-0.4, -0.2) is 44.6 Å². The Hall–Kier alpha value is -0.620. The zero-order valence-electron chi connectivity index (χ0n) is 12.8. The van der Waals surface area contributed by atoms with Gasteiger partial charge < -0.3 is 20.1 Å². The Labute approximate surface area is 135 Å². The van der Waals surface area contributed by atoms with Gasteiger partial charge in [-0.25, -0.2) is 0 Å². The fourth-order valence-electron chi connectivity index (χ4n) is 2.80. The first-order valence-electron chi connectivity index (χ1n) is 7.53. The van der Waals surface area contributed by atoms with Crippen molar-refractivity contribution in [2.75, 3.05) is 38.3 Å². The molecule has 4 nitrogen and oxygen atoms in total. The van der Waals surface area contributed by atoms with Gasteiger partial charge in [-0.15, -0.1) is 0 Å². The number of rotatable bonds is 7. The molecule has 0 aliphatic carbocycles. The molecule has 0 bridgehead atoms. The number of benzene rings is 1. The number of nitrogens with zero attached hydrogens (tertiary/aromatic N) is 1. The molecular weight excluding hydrogens is 332 g/mol. The average molecular weight is 357 g/mol. The maximum absolute atomic E-state index is 9.77. The first kappa shape index (κ1) is 16.7. The summed E-state index contributed by atoms with van der Waals surface area (Å²) in [5.74, 6) is 0.378. The zero-order chi connectivity index (χ0) is 15.2. The summed E-state index contributed by atoms with van der Waals surface area (Å²) < 4.78 is 6.16. The van der Waals surface area contributed by atoms with Gasteiger partial charge in [-0.05, 0) is 37.1 Å². The van der Waals surface area contributed by atoms with Crippen LogP contribution in [0.15, 0.2) is 22.7 Å². The van der Waals surface area contributed by atoms with E-state index in [0.717, 1.165) is 43.7 Å². The molecule has 1 aromatic rings. The van der Waals surface area contributed by atoms with Gasteiger partial charge in [0.25, 0.3) is 0 Å². The third-order valence-electron chi connectivity index (χ3n) is 4.09. The SMILES string of the molecule is COCCNCc1cc(Br)ccc1N1CCC(C(C)O)C1. The Bertz CT molecular complexity index is 454. The quantitative estimate of drug-likeness (QED) is 0.736. The minimum Gasteiger partial charge on any atom is -0.393 e. The van der Waals surface area contributed by atoms with Gasteiger partial charge >= 0.3 is 0 Å². The van der Waals surface area contributed by atoms with Gasteiger partial charge in [0, 0.05) is 49.4 Å². The Balaban J connectivity index is 2.04. The molecule has 0 saturated carbocycles. The molecular formula is C16H25BrN2O2. The van der Waals surface area contributed by atoms with E-state index in [-0.39, 0.29) is 6.10 Å². The van der Waals surface area contributed by atoms with E-state index in [1.807, 2.05) is 6.92 Å². The molecule has 2 unspecified atom stereocenters. The van der Waals surface area contributed by atoms with Crippen LogP contribution in [0, 0.1) is 5.92 Å². The van der Waals surface area contributed by atoms with Crippen molar-refractivity contribution in [1.82, 2.24) is 5.32 Å². The minimum absolute atomic E-state index is 0.228. The fraction of sp³-hybridized carbons (Fsp3) is 0.625. The highest BCUT2D eigenvalue weighted by Gasteiger charge is 2.27. The monoisotopic (exact) mass is 356 g/mol. The molecule has 1 saturated heterocycles. The van der Waals surface area contributed by atoms with Gasteiger partial charge in [0.05, 0.1) is 12.7 Å². The molecule has 2 rings (SSSR count). The number of ether oxygens (including phenoxy) is 1. The zero-order valence-corrected chi connectivity index (χ0v) is 14.4. The largest absolute Gasteiger partial charge is 0.393 e. The summed E-state index contributed by atoms with van der Waals surface area (Å²) >= 11 is 3.55. The summed E-state index contributed by atoms with van der Waals surface area (Å²) in [7, 11) is 1.71. The minimum atomic E-state index is -0.228. The summed E-state index contributed by atoms with van der Waals surface area (Å²) in [6, 6.07) is 6.43. The number of nitrogens with one attached hydrogen (secondary N) is 1. The predicted octanol–water partition coefficient (Wildman–Crippen LogP) is 2.39. The first-order valence-corrected chi connectivity index (χ1v) is 8.32. The average Bonchev–Trinajstić information content (AvgIpc) is 2.93. The van der Waals surface area contributed by atoms with E-state index < -0.39 is 0 Å². The van der Waals surface area contributed by atoms with Crippen LogP contribution in [-0.2, 0) is 11.3 Å². The van der Waals surface area contributed by atoms with Crippen molar-refractivity contribution < 1.29 is 9.84 Å². The van der Waals surface area contributed by atoms with Crippen LogP contribution in [0.25, 0.3) is 0 Å². The normalized spacial score (nSPS) is 20.0. The molecule has 0 aromatic heterocycles. The number of aliphatic hydroxyl groups excluding tert-OH is 1. The summed E-state index contributed by atoms with van der Waals surface area (Å²) in [6.45, 7) is 6.24. The number of anilines is 1. The molecule has 2 atom stereocenters. The molecule has 1 aliphatic heterocycles. The molecule has 1 fully saturated rings. The highest BCUT2D eigenvalue weighted by molar-refractivity contribution is 9.10. The predicted molar refractivity (Wildman–Crippen MR) is 89.7 cm³/mol.